The topological polar surface area (TPSA) is 58.2 Å². The number of aryl methyl sites for hydroxylation is 1. The largest absolute Gasteiger partial charge is 0.352 e. The number of hydrogen-bond acceptors (Lipinski definition) is 2. The van der Waals surface area contributed by atoms with Crippen molar-refractivity contribution in [1.82, 2.24) is 5.32 Å². The summed E-state index contributed by atoms with van der Waals surface area (Å²) in [5.41, 5.74) is 2.65. The molecule has 2 rings (SSSR count). The predicted octanol–water partition coefficient (Wildman–Crippen LogP) is 4.43. The molecule has 0 aliphatic heterocycles. The number of amides is 2. The van der Waals surface area contributed by atoms with E-state index in [0.29, 0.717) is 28.4 Å². The number of benzene rings is 2. The number of hydrogen-bond donors (Lipinski definition) is 2. The molecule has 2 aromatic rings. The minimum Gasteiger partial charge on any atom is -0.352 e. The number of rotatable bonds is 6. The molecule has 126 valence electrons. The SMILES string of the molecule is CCCCNC(=O)c1ccc(C(=O)Nc2ccc(Cl)cc2C)cc1. The molecular weight excluding hydrogens is 324 g/mol. The zero-order valence-electron chi connectivity index (χ0n) is 13.9. The van der Waals surface area contributed by atoms with Crippen LogP contribution >= 0.6 is 11.6 Å². The van der Waals surface area contributed by atoms with Crippen molar-refractivity contribution in [2.75, 3.05) is 11.9 Å². The maximum Gasteiger partial charge on any atom is 0.255 e. The zero-order valence-corrected chi connectivity index (χ0v) is 14.6. The smallest absolute Gasteiger partial charge is 0.255 e. The van der Waals surface area contributed by atoms with Crippen molar-refractivity contribution >= 4 is 29.1 Å². The molecule has 0 aromatic heterocycles. The van der Waals surface area contributed by atoms with E-state index in [4.69, 9.17) is 11.6 Å². The number of unbranched alkanes of at least 4 members (excludes halogenated alkanes) is 1. The molecule has 0 saturated carbocycles. The Bertz CT molecular complexity index is 727. The lowest BCUT2D eigenvalue weighted by molar-refractivity contribution is 0.0951. The fraction of sp³-hybridized carbons (Fsp3) is 0.263. The van der Waals surface area contributed by atoms with E-state index in [1.54, 1.807) is 42.5 Å². The van der Waals surface area contributed by atoms with Crippen LogP contribution in [0.5, 0.6) is 0 Å². The van der Waals surface area contributed by atoms with E-state index in [1.807, 2.05) is 6.92 Å². The van der Waals surface area contributed by atoms with E-state index in [2.05, 4.69) is 17.6 Å². The molecule has 0 heterocycles. The first kappa shape index (κ1) is 18.0. The first-order valence-electron chi connectivity index (χ1n) is 7.97. The summed E-state index contributed by atoms with van der Waals surface area (Å²) in [6.45, 7) is 4.61. The molecule has 0 atom stereocenters. The Hall–Kier alpha value is -2.33. The van der Waals surface area contributed by atoms with Crippen molar-refractivity contribution in [3.63, 3.8) is 0 Å². The van der Waals surface area contributed by atoms with Crippen LogP contribution < -0.4 is 10.6 Å². The van der Waals surface area contributed by atoms with E-state index in [0.717, 1.165) is 18.4 Å². The van der Waals surface area contributed by atoms with Crippen LogP contribution in [0.4, 0.5) is 5.69 Å². The first-order chi connectivity index (χ1) is 11.5. The molecule has 2 aromatic carbocycles. The standard InChI is InChI=1S/C19H21ClN2O2/c1-3-4-11-21-18(23)14-5-7-15(8-6-14)19(24)22-17-10-9-16(20)12-13(17)2/h5-10,12H,3-4,11H2,1-2H3,(H,21,23)(H,22,24). The Labute approximate surface area is 147 Å². The predicted molar refractivity (Wildman–Crippen MR) is 97.8 cm³/mol. The minimum atomic E-state index is -0.224. The first-order valence-corrected chi connectivity index (χ1v) is 8.35. The van der Waals surface area contributed by atoms with Crippen LogP contribution in [0, 0.1) is 6.92 Å². The zero-order chi connectivity index (χ0) is 17.5. The molecule has 4 nitrogen and oxygen atoms in total. The summed E-state index contributed by atoms with van der Waals surface area (Å²) in [6.07, 6.45) is 1.98. The second kappa shape index (κ2) is 8.50. The van der Waals surface area contributed by atoms with E-state index >= 15 is 0 Å². The van der Waals surface area contributed by atoms with Crippen LogP contribution in [-0.2, 0) is 0 Å². The normalized spacial score (nSPS) is 10.3. The van der Waals surface area contributed by atoms with Gasteiger partial charge in [-0.3, -0.25) is 9.59 Å². The van der Waals surface area contributed by atoms with Crippen molar-refractivity contribution in [3.05, 3.63) is 64.2 Å². The van der Waals surface area contributed by atoms with Crippen molar-refractivity contribution < 1.29 is 9.59 Å². The van der Waals surface area contributed by atoms with Crippen LogP contribution in [0.1, 0.15) is 46.0 Å². The number of carbonyl (C=O) groups excluding carboxylic acids is 2. The lowest BCUT2D eigenvalue weighted by Crippen LogP contribution is -2.24. The van der Waals surface area contributed by atoms with Gasteiger partial charge in [-0.05, 0) is 61.4 Å². The molecule has 0 aliphatic carbocycles. The van der Waals surface area contributed by atoms with E-state index in [1.165, 1.54) is 0 Å². The van der Waals surface area contributed by atoms with E-state index in [-0.39, 0.29) is 11.8 Å². The summed E-state index contributed by atoms with van der Waals surface area (Å²) in [7, 11) is 0. The van der Waals surface area contributed by atoms with Crippen LogP contribution in [0.3, 0.4) is 0 Å². The summed E-state index contributed by atoms with van der Waals surface area (Å²) in [5.74, 6) is -0.345. The molecular formula is C19H21ClN2O2. The van der Waals surface area contributed by atoms with Gasteiger partial charge in [-0.1, -0.05) is 24.9 Å². The second-order valence-corrected chi connectivity index (χ2v) is 6.04. The molecule has 0 bridgehead atoms. The van der Waals surface area contributed by atoms with Gasteiger partial charge in [-0.25, -0.2) is 0 Å². The number of nitrogens with one attached hydrogen (secondary N) is 2. The summed E-state index contributed by atoms with van der Waals surface area (Å²) in [6, 6.07) is 11.9. The van der Waals surface area contributed by atoms with Crippen LogP contribution in [0.25, 0.3) is 0 Å². The van der Waals surface area contributed by atoms with Crippen molar-refractivity contribution in [2.24, 2.45) is 0 Å². The van der Waals surface area contributed by atoms with Gasteiger partial charge in [-0.2, -0.15) is 0 Å². The van der Waals surface area contributed by atoms with Gasteiger partial charge in [0.25, 0.3) is 11.8 Å². The fourth-order valence-corrected chi connectivity index (χ4v) is 2.44. The molecule has 0 spiro atoms. The van der Waals surface area contributed by atoms with Gasteiger partial charge in [0.1, 0.15) is 0 Å². The van der Waals surface area contributed by atoms with Gasteiger partial charge >= 0.3 is 0 Å². The Balaban J connectivity index is 2.01. The van der Waals surface area contributed by atoms with Gasteiger partial charge in [-0.15, -0.1) is 0 Å². The Morgan fingerprint density at radius 2 is 1.62 bits per heavy atom. The Morgan fingerprint density at radius 3 is 2.21 bits per heavy atom. The maximum atomic E-state index is 12.3. The molecule has 0 unspecified atom stereocenters. The number of carbonyl (C=O) groups is 2. The highest BCUT2D eigenvalue weighted by atomic mass is 35.5. The average molecular weight is 345 g/mol. The third-order valence-corrected chi connectivity index (χ3v) is 3.90. The second-order valence-electron chi connectivity index (χ2n) is 5.60. The summed E-state index contributed by atoms with van der Waals surface area (Å²) in [5, 5.41) is 6.32. The molecule has 0 fully saturated rings. The minimum absolute atomic E-state index is 0.121. The van der Waals surface area contributed by atoms with Gasteiger partial charge in [0.05, 0.1) is 0 Å². The number of anilines is 1. The van der Waals surface area contributed by atoms with Crippen LogP contribution in [0.15, 0.2) is 42.5 Å². The fourth-order valence-electron chi connectivity index (χ4n) is 2.22. The highest BCUT2D eigenvalue weighted by molar-refractivity contribution is 6.30. The van der Waals surface area contributed by atoms with Crippen molar-refractivity contribution in [3.8, 4) is 0 Å². The monoisotopic (exact) mass is 344 g/mol. The molecule has 2 N–H and O–H groups in total. The molecule has 5 heteroatoms. The third-order valence-electron chi connectivity index (χ3n) is 3.66. The highest BCUT2D eigenvalue weighted by Crippen LogP contribution is 2.20. The molecule has 0 aliphatic rings. The lowest BCUT2D eigenvalue weighted by atomic mass is 10.1. The summed E-state index contributed by atoms with van der Waals surface area (Å²) < 4.78 is 0. The molecule has 24 heavy (non-hydrogen) atoms. The Morgan fingerprint density at radius 1 is 1.00 bits per heavy atom. The summed E-state index contributed by atoms with van der Waals surface area (Å²) >= 11 is 5.91. The molecule has 2 amide bonds. The molecule has 0 radical (unpaired) electrons. The number of halogens is 1. The van der Waals surface area contributed by atoms with E-state index < -0.39 is 0 Å². The van der Waals surface area contributed by atoms with Crippen LogP contribution in [0.2, 0.25) is 5.02 Å². The summed E-state index contributed by atoms with van der Waals surface area (Å²) in [4.78, 5) is 24.2. The highest BCUT2D eigenvalue weighted by Gasteiger charge is 2.10. The average Bonchev–Trinajstić information content (AvgIpc) is 2.57. The van der Waals surface area contributed by atoms with Crippen molar-refractivity contribution in [2.45, 2.75) is 26.7 Å². The lowest BCUT2D eigenvalue weighted by Gasteiger charge is -2.09. The van der Waals surface area contributed by atoms with Gasteiger partial charge in [0.15, 0.2) is 0 Å². The quantitative estimate of drug-likeness (QED) is 0.761. The van der Waals surface area contributed by atoms with E-state index in [9.17, 15) is 9.59 Å². The van der Waals surface area contributed by atoms with Crippen molar-refractivity contribution in [1.29, 1.82) is 0 Å². The van der Waals surface area contributed by atoms with Gasteiger partial charge in [0.2, 0.25) is 0 Å². The molecule has 0 saturated heterocycles. The third kappa shape index (κ3) is 4.83. The van der Waals surface area contributed by atoms with Gasteiger partial charge < -0.3 is 10.6 Å². The van der Waals surface area contributed by atoms with Crippen LogP contribution in [-0.4, -0.2) is 18.4 Å². The maximum absolute atomic E-state index is 12.3. The Kier molecular flexibility index (Phi) is 6.38. The van der Waals surface area contributed by atoms with Gasteiger partial charge in [0, 0.05) is 28.4 Å².